The third kappa shape index (κ3) is 4.00. The van der Waals surface area contributed by atoms with E-state index in [2.05, 4.69) is 9.98 Å². The summed E-state index contributed by atoms with van der Waals surface area (Å²) >= 11 is 1.30. The predicted octanol–water partition coefficient (Wildman–Crippen LogP) is 3.68. The van der Waals surface area contributed by atoms with E-state index in [0.717, 1.165) is 16.5 Å². The van der Waals surface area contributed by atoms with E-state index in [9.17, 15) is 9.59 Å². The van der Waals surface area contributed by atoms with Gasteiger partial charge in [0.15, 0.2) is 4.80 Å². The van der Waals surface area contributed by atoms with Crippen LogP contribution in [-0.2, 0) is 9.53 Å². The Hall–Kier alpha value is -3.91. The van der Waals surface area contributed by atoms with Crippen LogP contribution in [-0.4, -0.2) is 28.7 Å². The maximum Gasteiger partial charge on any atom is 0.338 e. The first-order chi connectivity index (χ1) is 17.0. The minimum atomic E-state index is -0.710. The van der Waals surface area contributed by atoms with E-state index < -0.39 is 12.0 Å². The lowest BCUT2D eigenvalue weighted by molar-refractivity contribution is -0.139. The molecule has 0 unspecified atom stereocenters. The first-order valence-corrected chi connectivity index (χ1v) is 12.3. The van der Waals surface area contributed by atoms with Crippen LogP contribution >= 0.6 is 11.3 Å². The molecule has 1 aliphatic rings. The fourth-order valence-corrected chi connectivity index (χ4v) is 5.47. The molecule has 3 heterocycles. The third-order valence-electron chi connectivity index (χ3n) is 5.94. The molecule has 35 heavy (non-hydrogen) atoms. The number of thiazole rings is 1. The number of carbonyl (C=O) groups excluding carboxylic acids is 1. The molecule has 0 fully saturated rings. The Morgan fingerprint density at radius 3 is 2.71 bits per heavy atom. The normalized spacial score (nSPS) is 15.7. The highest BCUT2D eigenvalue weighted by molar-refractivity contribution is 7.07. The predicted molar refractivity (Wildman–Crippen MR) is 136 cm³/mol. The summed E-state index contributed by atoms with van der Waals surface area (Å²) in [4.78, 5) is 35.3. The second-order valence-electron chi connectivity index (χ2n) is 8.06. The van der Waals surface area contributed by atoms with Gasteiger partial charge < -0.3 is 14.5 Å². The van der Waals surface area contributed by atoms with Gasteiger partial charge in [0, 0.05) is 28.2 Å². The number of benzene rings is 2. The van der Waals surface area contributed by atoms with E-state index in [1.165, 1.54) is 11.3 Å². The molecule has 0 bridgehead atoms. The number of aromatic amines is 1. The molecule has 0 amide bonds. The Bertz CT molecular complexity index is 1640. The quantitative estimate of drug-likeness (QED) is 0.421. The molecule has 4 aromatic rings. The van der Waals surface area contributed by atoms with Crippen molar-refractivity contribution in [3.63, 3.8) is 0 Å². The maximum atomic E-state index is 13.8. The molecule has 5 rings (SSSR count). The van der Waals surface area contributed by atoms with Crippen molar-refractivity contribution in [2.75, 3.05) is 13.2 Å². The largest absolute Gasteiger partial charge is 0.494 e. The van der Waals surface area contributed by atoms with Crippen molar-refractivity contribution in [2.24, 2.45) is 4.99 Å². The van der Waals surface area contributed by atoms with Crippen molar-refractivity contribution in [3.05, 3.63) is 96.8 Å². The molecule has 0 spiro atoms. The highest BCUT2D eigenvalue weighted by atomic mass is 32.1. The zero-order valence-corrected chi connectivity index (χ0v) is 20.5. The molecule has 2 aromatic carbocycles. The monoisotopic (exact) mass is 487 g/mol. The van der Waals surface area contributed by atoms with Crippen LogP contribution in [0.3, 0.4) is 0 Å². The van der Waals surface area contributed by atoms with Gasteiger partial charge in [0.05, 0.1) is 29.0 Å². The smallest absolute Gasteiger partial charge is 0.338 e. The molecule has 0 aliphatic carbocycles. The first-order valence-electron chi connectivity index (χ1n) is 11.5. The van der Waals surface area contributed by atoms with Crippen LogP contribution in [0.1, 0.15) is 37.9 Å². The number of allylic oxidation sites excluding steroid dienone is 1. The van der Waals surface area contributed by atoms with Crippen LogP contribution < -0.4 is 19.6 Å². The molecule has 0 saturated heterocycles. The lowest BCUT2D eigenvalue weighted by Crippen LogP contribution is -2.40. The van der Waals surface area contributed by atoms with Gasteiger partial charge in [-0.3, -0.25) is 9.36 Å². The minimum absolute atomic E-state index is 0.218. The molecule has 1 aliphatic heterocycles. The van der Waals surface area contributed by atoms with Crippen molar-refractivity contribution in [3.8, 4) is 5.75 Å². The number of H-pyrrole nitrogens is 1. The summed E-state index contributed by atoms with van der Waals surface area (Å²) < 4.78 is 13.4. The standard InChI is InChI=1S/C27H25N3O4S/c1-4-33-21-13-9-7-11-19(21)24-23(26(32)34-5-2)16(3)29-27-30(24)25(31)22(35-27)14-17-15-28-20-12-8-6-10-18(17)20/h6-15,24,28H,4-5H2,1-3H3/t24-/m1/s1. The number of nitrogens with one attached hydrogen (secondary N) is 1. The van der Waals surface area contributed by atoms with E-state index in [-0.39, 0.29) is 12.2 Å². The van der Waals surface area contributed by atoms with Crippen LogP contribution in [0.25, 0.3) is 17.0 Å². The molecule has 7 nitrogen and oxygen atoms in total. The molecule has 8 heteroatoms. The Labute approximate surface area is 205 Å². The molecule has 1 atom stereocenters. The van der Waals surface area contributed by atoms with Gasteiger partial charge in [0.2, 0.25) is 0 Å². The van der Waals surface area contributed by atoms with Gasteiger partial charge in [-0.1, -0.05) is 47.7 Å². The lowest BCUT2D eigenvalue weighted by Gasteiger charge is -2.26. The molecule has 2 aromatic heterocycles. The fourth-order valence-electron chi connectivity index (χ4n) is 4.43. The van der Waals surface area contributed by atoms with Crippen LogP contribution in [0.4, 0.5) is 0 Å². The van der Waals surface area contributed by atoms with Crippen molar-refractivity contribution in [1.82, 2.24) is 9.55 Å². The van der Waals surface area contributed by atoms with Crippen LogP contribution in [0.2, 0.25) is 0 Å². The summed E-state index contributed by atoms with van der Waals surface area (Å²) in [5.41, 5.74) is 3.27. The number of rotatable bonds is 6. The van der Waals surface area contributed by atoms with Crippen LogP contribution in [0, 0.1) is 0 Å². The Kier molecular flexibility index (Phi) is 6.13. The third-order valence-corrected chi connectivity index (χ3v) is 6.92. The number of fused-ring (bicyclic) bond motifs is 2. The summed E-state index contributed by atoms with van der Waals surface area (Å²) in [5, 5.41) is 1.03. The molecule has 1 N–H and O–H groups in total. The topological polar surface area (TPSA) is 85.7 Å². The van der Waals surface area contributed by atoms with E-state index >= 15 is 0 Å². The summed E-state index contributed by atoms with van der Waals surface area (Å²) in [7, 11) is 0. The first kappa shape index (κ1) is 22.9. The summed E-state index contributed by atoms with van der Waals surface area (Å²) in [6.07, 6.45) is 3.76. The SMILES string of the molecule is CCOC(=O)C1=C(C)N=c2sc(=Cc3c[nH]c4ccccc34)c(=O)n2[C@@H]1c1ccccc1OCC. The molecule has 178 valence electrons. The Morgan fingerprint density at radius 1 is 1.14 bits per heavy atom. The number of para-hydroxylation sites is 2. The van der Waals surface area contributed by atoms with Gasteiger partial charge in [-0.25, -0.2) is 9.79 Å². The zero-order chi connectivity index (χ0) is 24.5. The number of esters is 1. The lowest BCUT2D eigenvalue weighted by atomic mass is 9.95. The van der Waals surface area contributed by atoms with Crippen LogP contribution in [0.15, 0.2) is 75.8 Å². The molecular formula is C27H25N3O4S. The van der Waals surface area contributed by atoms with Gasteiger partial charge in [-0.05, 0) is 39.0 Å². The van der Waals surface area contributed by atoms with Gasteiger partial charge in [-0.2, -0.15) is 0 Å². The Balaban J connectivity index is 1.76. The van der Waals surface area contributed by atoms with E-state index in [0.29, 0.717) is 38.5 Å². The second-order valence-corrected chi connectivity index (χ2v) is 9.07. The average molecular weight is 488 g/mol. The minimum Gasteiger partial charge on any atom is -0.494 e. The Morgan fingerprint density at radius 2 is 1.91 bits per heavy atom. The summed E-state index contributed by atoms with van der Waals surface area (Å²) in [6.45, 7) is 6.11. The number of carbonyl (C=O) groups is 1. The fraction of sp³-hybridized carbons (Fsp3) is 0.222. The molecular weight excluding hydrogens is 462 g/mol. The molecule has 0 saturated carbocycles. The van der Waals surface area contributed by atoms with E-state index in [1.54, 1.807) is 18.4 Å². The highest BCUT2D eigenvalue weighted by Crippen LogP contribution is 2.35. The number of hydrogen-bond donors (Lipinski definition) is 1. The summed E-state index contributed by atoms with van der Waals surface area (Å²) in [6, 6.07) is 14.7. The van der Waals surface area contributed by atoms with Crippen molar-refractivity contribution < 1.29 is 14.3 Å². The number of aromatic nitrogens is 2. The number of hydrogen-bond acceptors (Lipinski definition) is 6. The average Bonchev–Trinajstić information content (AvgIpc) is 3.40. The van der Waals surface area contributed by atoms with E-state index in [1.807, 2.05) is 67.7 Å². The number of ether oxygens (including phenoxy) is 2. The van der Waals surface area contributed by atoms with Crippen molar-refractivity contribution in [1.29, 1.82) is 0 Å². The highest BCUT2D eigenvalue weighted by Gasteiger charge is 2.35. The van der Waals surface area contributed by atoms with Gasteiger partial charge in [0.25, 0.3) is 5.56 Å². The van der Waals surface area contributed by atoms with Gasteiger partial charge in [-0.15, -0.1) is 0 Å². The van der Waals surface area contributed by atoms with Gasteiger partial charge in [0.1, 0.15) is 11.8 Å². The van der Waals surface area contributed by atoms with Gasteiger partial charge >= 0.3 is 5.97 Å². The number of nitrogens with zero attached hydrogens (tertiary/aromatic N) is 2. The van der Waals surface area contributed by atoms with E-state index in [4.69, 9.17) is 9.47 Å². The van der Waals surface area contributed by atoms with Crippen molar-refractivity contribution >= 4 is 34.3 Å². The second kappa shape index (κ2) is 9.38. The maximum absolute atomic E-state index is 13.8. The summed E-state index contributed by atoms with van der Waals surface area (Å²) in [5.74, 6) is 0.124. The van der Waals surface area contributed by atoms with Crippen LogP contribution in [0.5, 0.6) is 5.75 Å². The molecule has 0 radical (unpaired) electrons. The zero-order valence-electron chi connectivity index (χ0n) is 19.7. The van der Waals surface area contributed by atoms with Crippen molar-refractivity contribution in [2.45, 2.75) is 26.8 Å².